The number of aliphatic hydroxyl groups is 1. The molecule has 0 bridgehead atoms. The molecule has 186 valence electrons. The molecule has 34 heavy (non-hydrogen) atoms. The van der Waals surface area contributed by atoms with Gasteiger partial charge in [-0.25, -0.2) is 0 Å². The van der Waals surface area contributed by atoms with E-state index in [4.69, 9.17) is 18.9 Å². The summed E-state index contributed by atoms with van der Waals surface area (Å²) in [5, 5.41) is 10.4. The summed E-state index contributed by atoms with van der Waals surface area (Å²) >= 11 is 0. The first kappa shape index (κ1) is 26.4. The molecular formula is C28H38O6. The van der Waals surface area contributed by atoms with Gasteiger partial charge >= 0.3 is 5.97 Å². The summed E-state index contributed by atoms with van der Waals surface area (Å²) in [5.74, 6) is -0.377. The lowest BCUT2D eigenvalue weighted by Crippen LogP contribution is -2.53. The van der Waals surface area contributed by atoms with Crippen LogP contribution in [-0.2, 0) is 37.0 Å². The van der Waals surface area contributed by atoms with Gasteiger partial charge in [0.25, 0.3) is 0 Å². The molecule has 2 aromatic carbocycles. The normalized spacial score (nSPS) is 22.6. The SMILES string of the molecule is CCCC(CCC)C(=O)O[C@H]1[C@H](OCc2ccccc2)CC(O)O[C@@H]1COCc1ccccc1. The topological polar surface area (TPSA) is 74.2 Å². The number of carbonyl (C=O) groups excluding carboxylic acids is 1. The van der Waals surface area contributed by atoms with Gasteiger partial charge in [-0.3, -0.25) is 4.79 Å². The quantitative estimate of drug-likeness (QED) is 0.414. The fourth-order valence-electron chi connectivity index (χ4n) is 4.31. The zero-order valence-corrected chi connectivity index (χ0v) is 20.3. The average Bonchev–Trinajstić information content (AvgIpc) is 2.85. The molecule has 1 N–H and O–H groups in total. The van der Waals surface area contributed by atoms with E-state index >= 15 is 0 Å². The first-order valence-electron chi connectivity index (χ1n) is 12.4. The minimum Gasteiger partial charge on any atom is -0.456 e. The molecule has 1 fully saturated rings. The molecule has 4 atom stereocenters. The number of esters is 1. The molecular weight excluding hydrogens is 432 g/mol. The molecule has 2 aromatic rings. The zero-order chi connectivity index (χ0) is 24.2. The lowest BCUT2D eigenvalue weighted by atomic mass is 9.97. The van der Waals surface area contributed by atoms with Gasteiger partial charge in [0, 0.05) is 6.42 Å². The number of benzene rings is 2. The van der Waals surface area contributed by atoms with Crippen molar-refractivity contribution < 1.29 is 28.8 Å². The lowest BCUT2D eigenvalue weighted by Gasteiger charge is -2.39. The second kappa shape index (κ2) is 14.2. The Bertz CT molecular complexity index is 821. The maximum absolute atomic E-state index is 13.1. The van der Waals surface area contributed by atoms with Gasteiger partial charge < -0.3 is 24.1 Å². The number of carbonyl (C=O) groups is 1. The van der Waals surface area contributed by atoms with E-state index in [0.29, 0.717) is 13.2 Å². The van der Waals surface area contributed by atoms with E-state index in [1.807, 2.05) is 60.7 Å². The monoisotopic (exact) mass is 470 g/mol. The predicted octanol–water partition coefficient (Wildman–Crippen LogP) is 5.02. The molecule has 1 aliphatic rings. The number of aliphatic hydroxyl groups excluding tert-OH is 1. The Balaban J connectivity index is 1.70. The van der Waals surface area contributed by atoms with Crippen LogP contribution in [0.3, 0.4) is 0 Å². The zero-order valence-electron chi connectivity index (χ0n) is 20.3. The molecule has 0 radical (unpaired) electrons. The van der Waals surface area contributed by atoms with Crippen LogP contribution in [0.15, 0.2) is 60.7 Å². The van der Waals surface area contributed by atoms with E-state index in [2.05, 4.69) is 13.8 Å². The highest BCUT2D eigenvalue weighted by atomic mass is 16.7. The first-order valence-corrected chi connectivity index (χ1v) is 12.4. The van der Waals surface area contributed by atoms with Crippen molar-refractivity contribution in [2.75, 3.05) is 6.61 Å². The maximum atomic E-state index is 13.1. The Kier molecular flexibility index (Phi) is 11.0. The summed E-state index contributed by atoms with van der Waals surface area (Å²) in [6, 6.07) is 19.7. The molecule has 0 saturated carbocycles. The average molecular weight is 471 g/mol. The summed E-state index contributed by atoms with van der Waals surface area (Å²) in [7, 11) is 0. The third kappa shape index (κ3) is 8.20. The Morgan fingerprint density at radius 3 is 2.15 bits per heavy atom. The second-order valence-electron chi connectivity index (χ2n) is 8.88. The standard InChI is InChI=1S/C28H38O6/c1-3-11-23(12-4-2)28(30)34-27-24(32-19-22-15-9-6-10-16-22)17-26(29)33-25(27)20-31-18-21-13-7-5-8-14-21/h5-10,13-16,23-27,29H,3-4,11-12,17-20H2,1-2H3/t24-,25-,26?,27+/m1/s1. The summed E-state index contributed by atoms with van der Waals surface area (Å²) in [4.78, 5) is 13.1. The van der Waals surface area contributed by atoms with Crippen LogP contribution in [0.1, 0.15) is 57.1 Å². The lowest BCUT2D eigenvalue weighted by molar-refractivity contribution is -0.260. The van der Waals surface area contributed by atoms with Crippen molar-refractivity contribution in [3.8, 4) is 0 Å². The van der Waals surface area contributed by atoms with Crippen LogP contribution >= 0.6 is 0 Å². The van der Waals surface area contributed by atoms with Crippen molar-refractivity contribution in [1.82, 2.24) is 0 Å². The molecule has 0 amide bonds. The fourth-order valence-corrected chi connectivity index (χ4v) is 4.31. The number of hydrogen-bond acceptors (Lipinski definition) is 6. The minimum absolute atomic E-state index is 0.150. The van der Waals surface area contributed by atoms with Crippen molar-refractivity contribution in [3.05, 3.63) is 71.8 Å². The van der Waals surface area contributed by atoms with Gasteiger partial charge in [0.05, 0.1) is 25.7 Å². The van der Waals surface area contributed by atoms with Crippen molar-refractivity contribution >= 4 is 5.97 Å². The molecule has 0 aliphatic carbocycles. The van der Waals surface area contributed by atoms with E-state index in [-0.39, 0.29) is 24.9 Å². The molecule has 1 saturated heterocycles. The second-order valence-corrected chi connectivity index (χ2v) is 8.88. The van der Waals surface area contributed by atoms with Crippen LogP contribution in [0, 0.1) is 5.92 Å². The van der Waals surface area contributed by atoms with Crippen LogP contribution in [0.4, 0.5) is 0 Å². The van der Waals surface area contributed by atoms with Gasteiger partial charge in [0.2, 0.25) is 0 Å². The van der Waals surface area contributed by atoms with E-state index in [9.17, 15) is 9.90 Å². The summed E-state index contributed by atoms with van der Waals surface area (Å²) < 4.78 is 23.9. The highest BCUT2D eigenvalue weighted by Crippen LogP contribution is 2.28. The Labute approximate surface area is 203 Å². The van der Waals surface area contributed by atoms with Crippen molar-refractivity contribution in [2.45, 2.75) is 83.8 Å². The summed E-state index contributed by atoms with van der Waals surface area (Å²) in [6.45, 7) is 5.09. The van der Waals surface area contributed by atoms with E-state index in [0.717, 1.165) is 36.8 Å². The van der Waals surface area contributed by atoms with E-state index in [1.54, 1.807) is 0 Å². The number of rotatable bonds is 13. The van der Waals surface area contributed by atoms with Gasteiger partial charge in [-0.15, -0.1) is 0 Å². The van der Waals surface area contributed by atoms with Crippen LogP contribution in [0.5, 0.6) is 0 Å². The van der Waals surface area contributed by atoms with Gasteiger partial charge in [-0.05, 0) is 24.0 Å². The summed E-state index contributed by atoms with van der Waals surface area (Å²) in [6.07, 6.45) is 0.833. The van der Waals surface area contributed by atoms with Crippen molar-refractivity contribution in [3.63, 3.8) is 0 Å². The largest absolute Gasteiger partial charge is 0.456 e. The van der Waals surface area contributed by atoms with Crippen molar-refractivity contribution in [2.24, 2.45) is 5.92 Å². The Hall–Kier alpha value is -2.25. The van der Waals surface area contributed by atoms with Crippen LogP contribution < -0.4 is 0 Å². The van der Waals surface area contributed by atoms with Gasteiger partial charge in [-0.1, -0.05) is 87.4 Å². The predicted molar refractivity (Wildman–Crippen MR) is 130 cm³/mol. The molecule has 3 rings (SSSR count). The molecule has 0 spiro atoms. The van der Waals surface area contributed by atoms with Gasteiger partial charge in [0.1, 0.15) is 12.2 Å². The third-order valence-corrected chi connectivity index (χ3v) is 6.06. The smallest absolute Gasteiger partial charge is 0.309 e. The number of hydrogen-bond donors (Lipinski definition) is 1. The molecule has 6 nitrogen and oxygen atoms in total. The van der Waals surface area contributed by atoms with Crippen LogP contribution in [-0.4, -0.2) is 42.3 Å². The molecule has 1 heterocycles. The fraction of sp³-hybridized carbons (Fsp3) is 0.536. The van der Waals surface area contributed by atoms with Gasteiger partial charge in [0.15, 0.2) is 12.4 Å². The van der Waals surface area contributed by atoms with Gasteiger partial charge in [-0.2, -0.15) is 0 Å². The Morgan fingerprint density at radius 2 is 1.56 bits per heavy atom. The molecule has 1 aliphatic heterocycles. The van der Waals surface area contributed by atoms with Crippen LogP contribution in [0.25, 0.3) is 0 Å². The Morgan fingerprint density at radius 1 is 0.971 bits per heavy atom. The highest BCUT2D eigenvalue weighted by molar-refractivity contribution is 5.72. The maximum Gasteiger partial charge on any atom is 0.309 e. The molecule has 0 aromatic heterocycles. The van der Waals surface area contributed by atoms with E-state index in [1.165, 1.54) is 0 Å². The molecule has 6 heteroatoms. The third-order valence-electron chi connectivity index (χ3n) is 6.06. The first-order chi connectivity index (χ1) is 16.6. The van der Waals surface area contributed by atoms with E-state index < -0.39 is 24.6 Å². The highest BCUT2D eigenvalue weighted by Gasteiger charge is 2.42. The summed E-state index contributed by atoms with van der Waals surface area (Å²) in [5.41, 5.74) is 2.05. The van der Waals surface area contributed by atoms with Crippen molar-refractivity contribution in [1.29, 1.82) is 0 Å². The van der Waals surface area contributed by atoms with Crippen LogP contribution in [0.2, 0.25) is 0 Å². The minimum atomic E-state index is -1.01. The number of ether oxygens (including phenoxy) is 4. The molecule has 1 unspecified atom stereocenters.